The van der Waals surface area contributed by atoms with Crippen molar-refractivity contribution in [3.8, 4) is 0 Å². The second-order valence-electron chi connectivity index (χ2n) is 5.86. The third kappa shape index (κ3) is 5.44. The molecule has 24 heavy (non-hydrogen) atoms. The highest BCUT2D eigenvalue weighted by Crippen LogP contribution is 2.27. The molecule has 0 aliphatic heterocycles. The molecule has 2 unspecified atom stereocenters. The maximum Gasteiger partial charge on any atom is 0.338 e. The Kier molecular flexibility index (Phi) is 7.43. The highest BCUT2D eigenvalue weighted by molar-refractivity contribution is 7.99. The van der Waals surface area contributed by atoms with Gasteiger partial charge in [-0.05, 0) is 50.1 Å². The Morgan fingerprint density at radius 2 is 2.08 bits per heavy atom. The first-order valence-electron chi connectivity index (χ1n) is 8.42. The van der Waals surface area contributed by atoms with Crippen LogP contribution in [0.2, 0.25) is 0 Å². The van der Waals surface area contributed by atoms with Gasteiger partial charge in [0.1, 0.15) is 0 Å². The molecular weight excluding hydrogens is 322 g/mol. The molecule has 2 atom stereocenters. The molecular formula is C18H27N3O2S. The van der Waals surface area contributed by atoms with Crippen molar-refractivity contribution in [3.05, 3.63) is 35.4 Å². The summed E-state index contributed by atoms with van der Waals surface area (Å²) < 4.78 is 4.99. The summed E-state index contributed by atoms with van der Waals surface area (Å²) in [6, 6.07) is 7.97. The maximum atomic E-state index is 11.6. The van der Waals surface area contributed by atoms with E-state index >= 15 is 0 Å². The maximum absolute atomic E-state index is 11.6. The largest absolute Gasteiger partial charge is 0.462 e. The summed E-state index contributed by atoms with van der Waals surface area (Å²) in [5.74, 6) is 0.551. The first-order chi connectivity index (χ1) is 11.7. The van der Waals surface area contributed by atoms with Gasteiger partial charge in [0.2, 0.25) is 0 Å². The fourth-order valence-electron chi connectivity index (χ4n) is 2.83. The van der Waals surface area contributed by atoms with E-state index in [1.54, 1.807) is 26.1 Å². The van der Waals surface area contributed by atoms with Crippen molar-refractivity contribution in [3.63, 3.8) is 0 Å². The quantitative estimate of drug-likeness (QED) is 0.470. The van der Waals surface area contributed by atoms with Gasteiger partial charge in [-0.25, -0.2) is 4.79 Å². The Balaban J connectivity index is 1.82. The van der Waals surface area contributed by atoms with Gasteiger partial charge in [-0.15, -0.1) is 0 Å². The number of benzene rings is 1. The van der Waals surface area contributed by atoms with Gasteiger partial charge < -0.3 is 15.4 Å². The van der Waals surface area contributed by atoms with Gasteiger partial charge >= 0.3 is 5.97 Å². The van der Waals surface area contributed by atoms with Crippen molar-refractivity contribution >= 4 is 23.7 Å². The average Bonchev–Trinajstić information content (AvgIpc) is 3.07. The zero-order valence-electron chi connectivity index (χ0n) is 14.7. The van der Waals surface area contributed by atoms with E-state index in [4.69, 9.17) is 4.74 Å². The number of carbonyl (C=O) groups excluding carboxylic acids is 1. The number of nitrogens with one attached hydrogen (secondary N) is 2. The molecule has 1 aromatic rings. The first kappa shape index (κ1) is 18.6. The van der Waals surface area contributed by atoms with Gasteiger partial charge in [-0.3, -0.25) is 4.99 Å². The molecule has 0 aromatic heterocycles. The van der Waals surface area contributed by atoms with Crippen LogP contribution in [0, 0.1) is 0 Å². The molecule has 0 heterocycles. The molecule has 2 rings (SSSR count). The zero-order chi connectivity index (χ0) is 17.4. The molecule has 0 bridgehead atoms. The number of rotatable bonds is 6. The summed E-state index contributed by atoms with van der Waals surface area (Å²) in [7, 11) is 1.79. The fourth-order valence-corrected chi connectivity index (χ4v) is 3.63. The molecule has 1 fully saturated rings. The monoisotopic (exact) mass is 349 g/mol. The number of esters is 1. The minimum Gasteiger partial charge on any atom is -0.462 e. The lowest BCUT2D eigenvalue weighted by Gasteiger charge is -2.17. The molecule has 1 saturated carbocycles. The second kappa shape index (κ2) is 9.57. The van der Waals surface area contributed by atoms with Crippen LogP contribution in [-0.4, -0.2) is 43.1 Å². The number of hydrogen-bond donors (Lipinski definition) is 2. The molecule has 2 N–H and O–H groups in total. The Bertz CT molecular complexity index is 560. The highest BCUT2D eigenvalue weighted by atomic mass is 32.2. The first-order valence-corrected chi connectivity index (χ1v) is 9.71. The number of aliphatic imine (C=N–C) groups is 1. The molecule has 0 amide bonds. The van der Waals surface area contributed by atoms with E-state index in [0.717, 1.165) is 16.8 Å². The predicted octanol–water partition coefficient (Wildman–Crippen LogP) is 2.81. The van der Waals surface area contributed by atoms with Crippen molar-refractivity contribution in [2.24, 2.45) is 4.99 Å². The lowest BCUT2D eigenvalue weighted by atomic mass is 10.1. The molecule has 0 spiro atoms. The van der Waals surface area contributed by atoms with Gasteiger partial charge in [0.15, 0.2) is 5.96 Å². The third-order valence-electron chi connectivity index (χ3n) is 4.21. The summed E-state index contributed by atoms with van der Waals surface area (Å²) in [5.41, 5.74) is 1.68. The van der Waals surface area contributed by atoms with Gasteiger partial charge in [-0.2, -0.15) is 11.8 Å². The van der Waals surface area contributed by atoms with E-state index in [1.807, 2.05) is 23.9 Å². The van der Waals surface area contributed by atoms with Crippen LogP contribution in [0.1, 0.15) is 42.1 Å². The zero-order valence-corrected chi connectivity index (χ0v) is 15.5. The van der Waals surface area contributed by atoms with E-state index in [0.29, 0.717) is 24.8 Å². The normalized spacial score (nSPS) is 20.7. The van der Waals surface area contributed by atoms with Crippen LogP contribution >= 0.6 is 11.8 Å². The van der Waals surface area contributed by atoms with Crippen LogP contribution < -0.4 is 10.6 Å². The molecule has 6 heteroatoms. The van der Waals surface area contributed by atoms with E-state index in [9.17, 15) is 4.79 Å². The standard InChI is InChI=1S/C18H27N3O2S/c1-4-23-17(22)14-7-5-13(6-8-14)12-20-18(19-2)21-15-9-10-16(11-15)24-3/h5-8,15-16H,4,9-12H2,1-3H3,(H2,19,20,21). The second-order valence-corrected chi connectivity index (χ2v) is 6.99. The van der Waals surface area contributed by atoms with E-state index in [1.165, 1.54) is 19.3 Å². The summed E-state index contributed by atoms with van der Waals surface area (Å²) >= 11 is 1.95. The Morgan fingerprint density at radius 3 is 2.67 bits per heavy atom. The number of carbonyl (C=O) groups is 1. The predicted molar refractivity (Wildman–Crippen MR) is 101 cm³/mol. The van der Waals surface area contributed by atoms with Crippen LogP contribution in [0.3, 0.4) is 0 Å². The minimum atomic E-state index is -0.279. The van der Waals surface area contributed by atoms with Crippen molar-refractivity contribution < 1.29 is 9.53 Å². The molecule has 1 aliphatic carbocycles. The van der Waals surface area contributed by atoms with Crippen LogP contribution in [0.15, 0.2) is 29.3 Å². The number of ether oxygens (including phenoxy) is 1. The number of hydrogen-bond acceptors (Lipinski definition) is 4. The van der Waals surface area contributed by atoms with Gasteiger partial charge in [-0.1, -0.05) is 12.1 Å². The fraction of sp³-hybridized carbons (Fsp3) is 0.556. The van der Waals surface area contributed by atoms with Crippen LogP contribution in [0.25, 0.3) is 0 Å². The smallest absolute Gasteiger partial charge is 0.338 e. The van der Waals surface area contributed by atoms with E-state index in [2.05, 4.69) is 21.9 Å². The van der Waals surface area contributed by atoms with E-state index in [-0.39, 0.29) is 5.97 Å². The van der Waals surface area contributed by atoms with Crippen molar-refractivity contribution in [1.29, 1.82) is 0 Å². The lowest BCUT2D eigenvalue weighted by Crippen LogP contribution is -2.42. The molecule has 132 valence electrons. The summed E-state index contributed by atoms with van der Waals surface area (Å²) in [6.45, 7) is 2.87. The van der Waals surface area contributed by atoms with Gasteiger partial charge in [0, 0.05) is 24.9 Å². The van der Waals surface area contributed by atoms with E-state index < -0.39 is 0 Å². The molecule has 0 radical (unpaired) electrons. The molecule has 1 aliphatic rings. The van der Waals surface area contributed by atoms with Gasteiger partial charge in [0.25, 0.3) is 0 Å². The summed E-state index contributed by atoms with van der Waals surface area (Å²) in [4.78, 5) is 15.9. The molecule has 0 saturated heterocycles. The summed E-state index contributed by atoms with van der Waals surface area (Å²) in [5, 5.41) is 7.59. The number of nitrogens with zero attached hydrogens (tertiary/aromatic N) is 1. The topological polar surface area (TPSA) is 62.7 Å². The highest BCUT2D eigenvalue weighted by Gasteiger charge is 2.24. The Hall–Kier alpha value is -1.69. The average molecular weight is 350 g/mol. The third-order valence-corrected chi connectivity index (χ3v) is 5.30. The molecule has 5 nitrogen and oxygen atoms in total. The van der Waals surface area contributed by atoms with Gasteiger partial charge in [0.05, 0.1) is 12.2 Å². The molecule has 1 aromatic carbocycles. The number of thioether (sulfide) groups is 1. The van der Waals surface area contributed by atoms with Crippen LogP contribution in [0.5, 0.6) is 0 Å². The lowest BCUT2D eigenvalue weighted by molar-refractivity contribution is 0.0526. The Morgan fingerprint density at radius 1 is 1.33 bits per heavy atom. The Labute approximate surface area is 148 Å². The number of guanidine groups is 1. The SMILES string of the molecule is CCOC(=O)c1ccc(CNC(=NC)NC2CCC(SC)C2)cc1. The van der Waals surface area contributed by atoms with Crippen molar-refractivity contribution in [2.75, 3.05) is 19.9 Å². The summed E-state index contributed by atoms with van der Waals surface area (Å²) in [6.07, 6.45) is 5.84. The minimum absolute atomic E-state index is 0.279. The van der Waals surface area contributed by atoms with Crippen LogP contribution in [0.4, 0.5) is 0 Å². The van der Waals surface area contributed by atoms with Crippen molar-refractivity contribution in [2.45, 2.75) is 44.0 Å². The van der Waals surface area contributed by atoms with Crippen molar-refractivity contribution in [1.82, 2.24) is 10.6 Å². The van der Waals surface area contributed by atoms with Crippen LogP contribution in [-0.2, 0) is 11.3 Å².